The van der Waals surface area contributed by atoms with Crippen LogP contribution in [0.25, 0.3) is 0 Å². The number of alkyl halides is 3. The SMILES string of the molecule is CN(C)[C@H](CNC(=O)C1=C[C@]1(C)c1ccccc1)Cc1ccc(C(=O)NCC(F)(F)F)c(F)c1. The van der Waals surface area contributed by atoms with Crippen molar-refractivity contribution in [3.05, 3.63) is 82.7 Å². The van der Waals surface area contributed by atoms with E-state index < -0.39 is 30.0 Å². The Morgan fingerprint density at radius 2 is 1.71 bits per heavy atom. The van der Waals surface area contributed by atoms with Gasteiger partial charge in [-0.2, -0.15) is 13.2 Å². The standard InChI is InChI=1S/C25H27F4N3O2/c1-24(17-7-5-4-6-8-17)13-20(24)23(34)30-14-18(32(2)3)11-16-9-10-19(21(26)12-16)22(33)31-15-25(27,28)29/h4-10,12-13,18H,11,14-15H2,1-3H3,(H,30,34)(H,31,33)/t18-,24+/m0/s1. The highest BCUT2D eigenvalue weighted by atomic mass is 19.4. The number of halogens is 4. The van der Waals surface area contributed by atoms with Crippen molar-refractivity contribution in [1.29, 1.82) is 0 Å². The van der Waals surface area contributed by atoms with Crippen molar-refractivity contribution < 1.29 is 27.2 Å². The number of allylic oxidation sites excluding steroid dienone is 1. The normalized spacial score (nSPS) is 18.3. The molecule has 0 bridgehead atoms. The van der Waals surface area contributed by atoms with Crippen LogP contribution < -0.4 is 10.6 Å². The van der Waals surface area contributed by atoms with E-state index in [0.29, 0.717) is 24.1 Å². The molecule has 0 saturated heterocycles. The molecule has 182 valence electrons. The zero-order valence-corrected chi connectivity index (χ0v) is 19.2. The minimum atomic E-state index is -4.58. The summed E-state index contributed by atoms with van der Waals surface area (Å²) in [6.45, 7) is 0.758. The molecule has 5 nitrogen and oxygen atoms in total. The molecule has 9 heteroatoms. The molecule has 0 radical (unpaired) electrons. The van der Waals surface area contributed by atoms with Crippen LogP contribution in [-0.4, -0.2) is 56.1 Å². The molecule has 0 saturated carbocycles. The zero-order chi connectivity index (χ0) is 25.1. The summed E-state index contributed by atoms with van der Waals surface area (Å²) < 4.78 is 51.3. The first-order chi connectivity index (χ1) is 15.9. The van der Waals surface area contributed by atoms with E-state index in [1.807, 2.05) is 62.3 Å². The van der Waals surface area contributed by atoms with Crippen molar-refractivity contribution in [3.8, 4) is 0 Å². The van der Waals surface area contributed by atoms with Gasteiger partial charge >= 0.3 is 6.18 Å². The number of hydrogen-bond acceptors (Lipinski definition) is 3. The summed E-state index contributed by atoms with van der Waals surface area (Å²) in [5.41, 5.74) is 1.45. The summed E-state index contributed by atoms with van der Waals surface area (Å²) in [5, 5.41) is 4.59. The Balaban J connectivity index is 1.58. The summed E-state index contributed by atoms with van der Waals surface area (Å²) >= 11 is 0. The van der Waals surface area contributed by atoms with Gasteiger partial charge < -0.3 is 15.5 Å². The molecule has 1 aliphatic rings. The molecule has 0 aromatic heterocycles. The largest absolute Gasteiger partial charge is 0.405 e. The quantitative estimate of drug-likeness (QED) is 0.543. The number of hydrogen-bond donors (Lipinski definition) is 2. The molecule has 0 fully saturated rings. The lowest BCUT2D eigenvalue weighted by molar-refractivity contribution is -0.123. The van der Waals surface area contributed by atoms with Crippen LogP contribution in [0.15, 0.2) is 60.2 Å². The summed E-state index contributed by atoms with van der Waals surface area (Å²) in [6, 6.07) is 13.3. The number of carbonyl (C=O) groups excluding carboxylic acids is 2. The topological polar surface area (TPSA) is 61.4 Å². The molecule has 3 rings (SSSR count). The van der Waals surface area contributed by atoms with Gasteiger partial charge in [-0.05, 0) is 50.7 Å². The Bertz CT molecular complexity index is 1080. The van der Waals surface area contributed by atoms with E-state index in [0.717, 1.165) is 11.6 Å². The van der Waals surface area contributed by atoms with E-state index >= 15 is 0 Å². The maximum Gasteiger partial charge on any atom is 0.405 e. The lowest BCUT2D eigenvalue weighted by Crippen LogP contribution is -2.42. The molecule has 2 amide bonds. The minimum Gasteiger partial charge on any atom is -0.351 e. The minimum absolute atomic E-state index is 0.166. The van der Waals surface area contributed by atoms with Crippen LogP contribution in [0.3, 0.4) is 0 Å². The highest BCUT2D eigenvalue weighted by molar-refractivity contribution is 6.02. The first-order valence-electron chi connectivity index (χ1n) is 10.8. The monoisotopic (exact) mass is 477 g/mol. The molecular formula is C25H27F4N3O2. The van der Waals surface area contributed by atoms with Crippen LogP contribution in [0.1, 0.15) is 28.4 Å². The molecule has 0 heterocycles. The van der Waals surface area contributed by atoms with Gasteiger partial charge in [0.2, 0.25) is 5.91 Å². The third-order valence-corrected chi connectivity index (χ3v) is 5.95. The molecule has 0 unspecified atom stereocenters. The number of nitrogens with one attached hydrogen (secondary N) is 2. The van der Waals surface area contributed by atoms with E-state index in [1.54, 1.807) is 5.32 Å². The van der Waals surface area contributed by atoms with Crippen LogP contribution in [0, 0.1) is 5.82 Å². The van der Waals surface area contributed by atoms with Crippen molar-refractivity contribution >= 4 is 11.8 Å². The second-order valence-corrected chi connectivity index (χ2v) is 8.77. The van der Waals surface area contributed by atoms with Gasteiger partial charge in [0.05, 0.1) is 5.56 Å². The van der Waals surface area contributed by atoms with Crippen molar-refractivity contribution in [1.82, 2.24) is 15.5 Å². The maximum atomic E-state index is 14.4. The lowest BCUT2D eigenvalue weighted by Gasteiger charge is -2.25. The zero-order valence-electron chi connectivity index (χ0n) is 19.2. The fraction of sp³-hybridized carbons (Fsp3) is 0.360. The van der Waals surface area contributed by atoms with Gasteiger partial charge in [0.15, 0.2) is 0 Å². The average Bonchev–Trinajstić information content (AvgIpc) is 3.48. The molecule has 0 aliphatic heterocycles. The third-order valence-electron chi connectivity index (χ3n) is 5.95. The van der Waals surface area contributed by atoms with Crippen molar-refractivity contribution in [3.63, 3.8) is 0 Å². The maximum absolute atomic E-state index is 14.4. The second-order valence-electron chi connectivity index (χ2n) is 8.77. The number of likely N-dealkylation sites (N-methyl/N-ethyl adjacent to an activating group) is 1. The summed E-state index contributed by atoms with van der Waals surface area (Å²) in [7, 11) is 3.66. The number of nitrogens with zero attached hydrogens (tertiary/aromatic N) is 1. The molecule has 1 aliphatic carbocycles. The van der Waals surface area contributed by atoms with E-state index in [1.165, 1.54) is 12.1 Å². The summed E-state index contributed by atoms with van der Waals surface area (Å²) in [5.74, 6) is -2.20. The summed E-state index contributed by atoms with van der Waals surface area (Å²) in [6.07, 6.45) is -2.30. The van der Waals surface area contributed by atoms with E-state index in [2.05, 4.69) is 5.32 Å². The van der Waals surface area contributed by atoms with Gasteiger partial charge in [0.25, 0.3) is 5.91 Å². The van der Waals surface area contributed by atoms with Gasteiger partial charge in [-0.3, -0.25) is 9.59 Å². The molecule has 2 aromatic rings. The van der Waals surface area contributed by atoms with Crippen LogP contribution in [0.2, 0.25) is 0 Å². The van der Waals surface area contributed by atoms with Crippen LogP contribution in [-0.2, 0) is 16.6 Å². The van der Waals surface area contributed by atoms with E-state index in [9.17, 15) is 27.2 Å². The first kappa shape index (κ1) is 25.4. The van der Waals surface area contributed by atoms with Gasteiger partial charge in [-0.25, -0.2) is 4.39 Å². The number of rotatable bonds is 9. The first-order valence-corrected chi connectivity index (χ1v) is 10.8. The van der Waals surface area contributed by atoms with Crippen LogP contribution >= 0.6 is 0 Å². The fourth-order valence-electron chi connectivity index (χ4n) is 3.74. The summed E-state index contributed by atoms with van der Waals surface area (Å²) in [4.78, 5) is 26.4. The molecular weight excluding hydrogens is 450 g/mol. The molecule has 2 atom stereocenters. The Kier molecular flexibility index (Phi) is 7.45. The third kappa shape index (κ3) is 6.22. The van der Waals surface area contributed by atoms with Gasteiger partial charge in [-0.15, -0.1) is 0 Å². The molecule has 2 aromatic carbocycles. The molecule has 0 spiro atoms. The van der Waals surface area contributed by atoms with Crippen molar-refractivity contribution in [2.45, 2.75) is 31.0 Å². The Hall–Kier alpha value is -3.20. The van der Waals surface area contributed by atoms with E-state index in [-0.39, 0.29) is 17.4 Å². The van der Waals surface area contributed by atoms with Gasteiger partial charge in [0.1, 0.15) is 12.4 Å². The molecule has 34 heavy (non-hydrogen) atoms. The number of carbonyl (C=O) groups is 2. The van der Waals surface area contributed by atoms with Crippen molar-refractivity contribution in [2.24, 2.45) is 0 Å². The Morgan fingerprint density at radius 3 is 2.29 bits per heavy atom. The van der Waals surface area contributed by atoms with Crippen LogP contribution in [0.5, 0.6) is 0 Å². The highest BCUT2D eigenvalue weighted by Crippen LogP contribution is 2.46. The fourth-order valence-corrected chi connectivity index (χ4v) is 3.74. The smallest absolute Gasteiger partial charge is 0.351 e. The van der Waals surface area contributed by atoms with Gasteiger partial charge in [0, 0.05) is 23.6 Å². The van der Waals surface area contributed by atoms with Crippen LogP contribution in [0.4, 0.5) is 17.6 Å². The highest BCUT2D eigenvalue weighted by Gasteiger charge is 2.44. The number of benzene rings is 2. The van der Waals surface area contributed by atoms with Gasteiger partial charge in [-0.1, -0.05) is 42.5 Å². The Morgan fingerprint density at radius 1 is 1.03 bits per heavy atom. The van der Waals surface area contributed by atoms with Crippen molar-refractivity contribution in [2.75, 3.05) is 27.2 Å². The van der Waals surface area contributed by atoms with E-state index in [4.69, 9.17) is 0 Å². The molecule has 2 N–H and O–H groups in total. The average molecular weight is 478 g/mol. The Labute approximate surface area is 195 Å². The lowest BCUT2D eigenvalue weighted by atomic mass is 9.92. The predicted octanol–water partition coefficient (Wildman–Crippen LogP) is 3.60. The number of amides is 2. The second kappa shape index (κ2) is 9.97. The predicted molar refractivity (Wildman–Crippen MR) is 121 cm³/mol.